The minimum Gasteiger partial charge on any atom is -0.493 e. The Kier molecular flexibility index (Phi) is 5.48. The zero-order chi connectivity index (χ0) is 19.3. The quantitative estimate of drug-likeness (QED) is 0.449. The second-order valence-corrected chi connectivity index (χ2v) is 4.85. The first-order chi connectivity index (χ1) is 12.3. The summed E-state index contributed by atoms with van der Waals surface area (Å²) in [6.45, 7) is 0. The van der Waals surface area contributed by atoms with Gasteiger partial charge in [-0.25, -0.2) is 4.79 Å². The third-order valence-electron chi connectivity index (χ3n) is 3.18. The van der Waals surface area contributed by atoms with E-state index in [2.05, 4.69) is 0 Å². The monoisotopic (exact) mass is 360 g/mol. The van der Waals surface area contributed by atoms with Crippen LogP contribution in [0.15, 0.2) is 42.5 Å². The molecule has 10 nitrogen and oxygen atoms in total. The van der Waals surface area contributed by atoms with Crippen LogP contribution in [0.4, 0.5) is 11.4 Å². The summed E-state index contributed by atoms with van der Waals surface area (Å²) in [7, 11) is 1.34. The van der Waals surface area contributed by atoms with Gasteiger partial charge in [0.1, 0.15) is 0 Å². The number of carboxylic acids is 1. The first-order valence-corrected chi connectivity index (χ1v) is 7.01. The number of benzene rings is 2. The van der Waals surface area contributed by atoms with Gasteiger partial charge in [-0.05, 0) is 29.8 Å². The van der Waals surface area contributed by atoms with Crippen LogP contribution in [0, 0.1) is 20.2 Å². The maximum atomic E-state index is 11.2. The van der Waals surface area contributed by atoms with Gasteiger partial charge in [-0.2, -0.15) is 0 Å². The molecule has 0 saturated heterocycles. The Labute approximate surface area is 146 Å². The van der Waals surface area contributed by atoms with E-state index in [0.29, 0.717) is 5.56 Å². The number of nitro groups is 2. The number of hydrogen-bond donors (Lipinski definition) is 1. The number of ether oxygens (including phenoxy) is 2. The Morgan fingerprint density at radius 3 is 2.31 bits per heavy atom. The highest BCUT2D eigenvalue weighted by atomic mass is 16.6. The Morgan fingerprint density at radius 2 is 1.73 bits per heavy atom. The summed E-state index contributed by atoms with van der Waals surface area (Å²) in [6.07, 6.45) is 2.28. The number of carbonyl (C=O) groups is 1. The summed E-state index contributed by atoms with van der Waals surface area (Å²) in [5.74, 6) is -0.999. The lowest BCUT2D eigenvalue weighted by molar-refractivity contribution is -0.394. The maximum Gasteiger partial charge on any atom is 0.328 e. The Hall–Kier alpha value is -3.95. The largest absolute Gasteiger partial charge is 0.493 e. The normalized spacial score (nSPS) is 10.5. The molecule has 2 rings (SSSR count). The van der Waals surface area contributed by atoms with Crippen molar-refractivity contribution in [3.05, 3.63) is 68.3 Å². The predicted octanol–water partition coefficient (Wildman–Crippen LogP) is 3.40. The smallest absolute Gasteiger partial charge is 0.328 e. The summed E-state index contributed by atoms with van der Waals surface area (Å²) in [5.41, 5.74) is -0.504. The standard InChI is InChI=1S/C16H12N2O8/c1-25-15-8-10(3-7-16(19)20)2-5-14(15)26-13-6-4-11(17(21)22)9-12(13)18(23)24/h2-9H,1H3,(H,19,20)/b7-3+. The lowest BCUT2D eigenvalue weighted by Gasteiger charge is -2.11. The summed E-state index contributed by atoms with van der Waals surface area (Å²) < 4.78 is 10.6. The van der Waals surface area contributed by atoms with Crippen molar-refractivity contribution >= 4 is 23.4 Å². The molecule has 0 bridgehead atoms. The molecule has 2 aromatic rings. The lowest BCUT2D eigenvalue weighted by Crippen LogP contribution is -1.97. The van der Waals surface area contributed by atoms with Crippen LogP contribution in [0.1, 0.15) is 5.56 Å². The van der Waals surface area contributed by atoms with Gasteiger partial charge in [0.2, 0.25) is 5.75 Å². The molecule has 0 heterocycles. The summed E-state index contributed by atoms with van der Waals surface area (Å²) >= 11 is 0. The number of hydrogen-bond acceptors (Lipinski definition) is 7. The third-order valence-corrected chi connectivity index (χ3v) is 3.18. The van der Waals surface area contributed by atoms with Gasteiger partial charge in [-0.3, -0.25) is 20.2 Å². The van der Waals surface area contributed by atoms with E-state index >= 15 is 0 Å². The van der Waals surface area contributed by atoms with Crippen LogP contribution in [0.5, 0.6) is 17.2 Å². The highest BCUT2D eigenvalue weighted by Crippen LogP contribution is 2.38. The molecular weight excluding hydrogens is 348 g/mol. The molecule has 2 aromatic carbocycles. The molecular formula is C16H12N2O8. The van der Waals surface area contributed by atoms with Gasteiger partial charge >= 0.3 is 11.7 Å². The van der Waals surface area contributed by atoms with E-state index in [9.17, 15) is 25.0 Å². The molecule has 0 atom stereocenters. The number of rotatable bonds is 7. The molecule has 0 aliphatic rings. The summed E-state index contributed by atoms with van der Waals surface area (Å²) in [5, 5.41) is 30.6. The Bertz CT molecular complexity index is 907. The van der Waals surface area contributed by atoms with E-state index in [1.807, 2.05) is 0 Å². The predicted molar refractivity (Wildman–Crippen MR) is 89.5 cm³/mol. The number of nitrogens with zero attached hydrogens (tertiary/aromatic N) is 2. The zero-order valence-corrected chi connectivity index (χ0v) is 13.3. The summed E-state index contributed by atoms with van der Waals surface area (Å²) in [4.78, 5) is 30.9. The molecule has 0 amide bonds. The molecule has 0 saturated carbocycles. The van der Waals surface area contributed by atoms with Crippen molar-refractivity contribution in [2.75, 3.05) is 7.11 Å². The van der Waals surface area contributed by atoms with Gasteiger partial charge in [0.05, 0.1) is 23.0 Å². The molecule has 10 heteroatoms. The van der Waals surface area contributed by atoms with Crippen LogP contribution in [0.3, 0.4) is 0 Å². The second kappa shape index (κ2) is 7.75. The van der Waals surface area contributed by atoms with E-state index in [0.717, 1.165) is 24.3 Å². The van der Waals surface area contributed by atoms with E-state index in [4.69, 9.17) is 14.6 Å². The van der Waals surface area contributed by atoms with Crippen molar-refractivity contribution in [3.63, 3.8) is 0 Å². The van der Waals surface area contributed by atoms with Gasteiger partial charge in [-0.1, -0.05) is 6.07 Å². The molecule has 0 spiro atoms. The fourth-order valence-electron chi connectivity index (χ4n) is 2.01. The van der Waals surface area contributed by atoms with E-state index in [1.54, 1.807) is 0 Å². The molecule has 0 unspecified atom stereocenters. The van der Waals surface area contributed by atoms with Crippen molar-refractivity contribution < 1.29 is 29.2 Å². The molecule has 0 radical (unpaired) electrons. The van der Waals surface area contributed by atoms with Crippen LogP contribution in [0.25, 0.3) is 6.08 Å². The van der Waals surface area contributed by atoms with Gasteiger partial charge < -0.3 is 14.6 Å². The number of non-ortho nitro benzene ring substituents is 1. The van der Waals surface area contributed by atoms with Crippen molar-refractivity contribution in [2.45, 2.75) is 0 Å². The van der Waals surface area contributed by atoms with E-state index < -0.39 is 27.2 Å². The molecule has 0 fully saturated rings. The van der Waals surface area contributed by atoms with E-state index in [1.165, 1.54) is 31.4 Å². The highest BCUT2D eigenvalue weighted by molar-refractivity contribution is 5.85. The van der Waals surface area contributed by atoms with Crippen molar-refractivity contribution in [2.24, 2.45) is 0 Å². The van der Waals surface area contributed by atoms with Gasteiger partial charge in [0.25, 0.3) is 5.69 Å². The number of nitro benzene ring substituents is 2. The number of aliphatic carboxylic acids is 1. The van der Waals surface area contributed by atoms with Crippen LogP contribution in [-0.4, -0.2) is 28.0 Å². The SMILES string of the molecule is COc1cc(/C=C/C(=O)O)ccc1Oc1ccc([N+](=O)[O-])cc1[N+](=O)[O-]. The lowest BCUT2D eigenvalue weighted by atomic mass is 10.2. The van der Waals surface area contributed by atoms with Crippen molar-refractivity contribution in [1.29, 1.82) is 0 Å². The second-order valence-electron chi connectivity index (χ2n) is 4.85. The first-order valence-electron chi connectivity index (χ1n) is 7.01. The molecule has 0 aliphatic carbocycles. The van der Waals surface area contributed by atoms with Gasteiger partial charge in [0.15, 0.2) is 11.5 Å². The average molecular weight is 360 g/mol. The Morgan fingerprint density at radius 1 is 1.04 bits per heavy atom. The zero-order valence-electron chi connectivity index (χ0n) is 13.3. The van der Waals surface area contributed by atoms with Crippen molar-refractivity contribution in [1.82, 2.24) is 0 Å². The number of carboxylic acid groups (broad SMARTS) is 1. The minimum absolute atomic E-state index is 0.122. The first kappa shape index (κ1) is 18.4. The Balaban J connectivity index is 2.40. The van der Waals surface area contributed by atoms with Crippen LogP contribution >= 0.6 is 0 Å². The van der Waals surface area contributed by atoms with Gasteiger partial charge in [-0.15, -0.1) is 0 Å². The van der Waals surface area contributed by atoms with E-state index in [-0.39, 0.29) is 17.2 Å². The topological polar surface area (TPSA) is 142 Å². The van der Waals surface area contributed by atoms with Crippen LogP contribution in [0.2, 0.25) is 0 Å². The molecule has 26 heavy (non-hydrogen) atoms. The molecule has 0 aliphatic heterocycles. The number of methoxy groups -OCH3 is 1. The molecule has 1 N–H and O–H groups in total. The molecule has 0 aromatic heterocycles. The fraction of sp³-hybridized carbons (Fsp3) is 0.0625. The highest BCUT2D eigenvalue weighted by Gasteiger charge is 2.22. The average Bonchev–Trinajstić information content (AvgIpc) is 2.60. The fourth-order valence-corrected chi connectivity index (χ4v) is 2.01. The van der Waals surface area contributed by atoms with Crippen LogP contribution < -0.4 is 9.47 Å². The van der Waals surface area contributed by atoms with Crippen molar-refractivity contribution in [3.8, 4) is 17.2 Å². The minimum atomic E-state index is -1.12. The maximum absolute atomic E-state index is 11.2. The van der Waals surface area contributed by atoms with Gasteiger partial charge in [0, 0.05) is 12.1 Å². The molecule has 134 valence electrons. The van der Waals surface area contributed by atoms with Crippen LogP contribution in [-0.2, 0) is 4.79 Å². The summed E-state index contributed by atoms with van der Waals surface area (Å²) in [6, 6.07) is 7.44. The third kappa shape index (κ3) is 4.32.